The van der Waals surface area contributed by atoms with E-state index in [1.807, 2.05) is 30.3 Å². The Morgan fingerprint density at radius 1 is 1.16 bits per heavy atom. The molecule has 4 rings (SSSR count). The van der Waals surface area contributed by atoms with Crippen molar-refractivity contribution in [3.05, 3.63) is 72.3 Å². The predicted molar refractivity (Wildman–Crippen MR) is 131 cm³/mol. The summed E-state index contributed by atoms with van der Waals surface area (Å²) in [7, 11) is 1.58. The lowest BCUT2D eigenvalue weighted by molar-refractivity contribution is -0.337. The summed E-state index contributed by atoms with van der Waals surface area (Å²) >= 11 is 0. The van der Waals surface area contributed by atoms with E-state index in [9.17, 15) is 14.7 Å². The maximum Gasteiger partial charge on any atom is 0.329 e. The summed E-state index contributed by atoms with van der Waals surface area (Å²) in [4.78, 5) is 23.6. The van der Waals surface area contributed by atoms with Crippen molar-refractivity contribution in [2.24, 2.45) is 0 Å². The first-order chi connectivity index (χ1) is 17.9. The molecule has 6 unspecified atom stereocenters. The van der Waals surface area contributed by atoms with Gasteiger partial charge in [0, 0.05) is 12.5 Å². The Hall–Kier alpha value is -3.44. The minimum atomic E-state index is -1.16. The summed E-state index contributed by atoms with van der Waals surface area (Å²) in [6.45, 7) is 4.68. The van der Waals surface area contributed by atoms with Crippen molar-refractivity contribution in [1.82, 2.24) is 5.32 Å². The summed E-state index contributed by atoms with van der Waals surface area (Å²) in [5.74, 6) is -0.282. The number of fused-ring (bicyclic) bond motifs is 1. The van der Waals surface area contributed by atoms with Crippen LogP contribution < -0.4 is 14.8 Å². The van der Waals surface area contributed by atoms with Crippen LogP contribution in [0.25, 0.3) is 0 Å². The van der Waals surface area contributed by atoms with E-state index in [-0.39, 0.29) is 12.5 Å². The van der Waals surface area contributed by atoms with E-state index in [0.29, 0.717) is 17.9 Å². The Morgan fingerprint density at radius 3 is 2.59 bits per heavy atom. The van der Waals surface area contributed by atoms with Crippen LogP contribution in [0.15, 0.2) is 61.2 Å². The predicted octanol–water partition coefficient (Wildman–Crippen LogP) is 2.62. The van der Waals surface area contributed by atoms with Crippen LogP contribution >= 0.6 is 0 Å². The van der Waals surface area contributed by atoms with Crippen LogP contribution in [0.3, 0.4) is 0 Å². The molecule has 37 heavy (non-hydrogen) atoms. The highest BCUT2D eigenvalue weighted by Gasteiger charge is 2.52. The van der Waals surface area contributed by atoms with Crippen LogP contribution in [-0.2, 0) is 35.0 Å². The number of hydrogen-bond donors (Lipinski definition) is 2. The summed E-state index contributed by atoms with van der Waals surface area (Å²) < 4.78 is 35.7. The van der Waals surface area contributed by atoms with E-state index in [1.165, 1.54) is 6.92 Å². The number of ether oxygens (including phenoxy) is 6. The number of carboxylic acids is 1. The van der Waals surface area contributed by atoms with Gasteiger partial charge >= 0.3 is 5.97 Å². The van der Waals surface area contributed by atoms with Gasteiger partial charge in [-0.2, -0.15) is 0 Å². The van der Waals surface area contributed by atoms with E-state index in [4.69, 9.17) is 28.4 Å². The average molecular weight is 514 g/mol. The molecule has 2 saturated heterocycles. The van der Waals surface area contributed by atoms with Gasteiger partial charge < -0.3 is 38.8 Å². The number of carboxylic acid groups (broad SMARTS) is 1. The van der Waals surface area contributed by atoms with Gasteiger partial charge in [0.25, 0.3) is 0 Å². The van der Waals surface area contributed by atoms with Crippen molar-refractivity contribution < 1.29 is 43.1 Å². The standard InChI is InChI=1S/C27H31NO9/c1-4-7-17-8-5-6-9-20(17)35-27-23(28-16(2)29)25(33-15-22(30)31)24-21(36-27)14-34-26(37-24)18-10-12-19(32-3)13-11-18/h4-6,8-13,21,23-27H,1,7,14-15H2,2-3H3,(H,28,29)(H,30,31). The molecule has 10 heteroatoms. The smallest absolute Gasteiger partial charge is 0.329 e. The Balaban J connectivity index is 1.62. The highest BCUT2D eigenvalue weighted by molar-refractivity contribution is 5.73. The lowest BCUT2D eigenvalue weighted by atomic mass is 9.95. The van der Waals surface area contributed by atoms with Gasteiger partial charge in [-0.15, -0.1) is 6.58 Å². The largest absolute Gasteiger partial charge is 0.497 e. The molecule has 2 aromatic rings. The van der Waals surface area contributed by atoms with Crippen molar-refractivity contribution in [3.63, 3.8) is 0 Å². The second kappa shape index (κ2) is 12.2. The van der Waals surface area contributed by atoms with Gasteiger partial charge in [0.2, 0.25) is 12.2 Å². The van der Waals surface area contributed by atoms with Gasteiger partial charge in [-0.3, -0.25) is 4.79 Å². The number of amides is 1. The van der Waals surface area contributed by atoms with Gasteiger partial charge in [-0.1, -0.05) is 36.4 Å². The molecule has 0 saturated carbocycles. The van der Waals surface area contributed by atoms with Crippen LogP contribution in [0, 0.1) is 0 Å². The molecule has 0 aromatic heterocycles. The van der Waals surface area contributed by atoms with Gasteiger partial charge in [0.05, 0.1) is 13.7 Å². The number of para-hydroxylation sites is 1. The molecule has 2 aromatic carbocycles. The molecule has 2 heterocycles. The van der Waals surface area contributed by atoms with E-state index >= 15 is 0 Å². The first kappa shape index (κ1) is 26.6. The fourth-order valence-electron chi connectivity index (χ4n) is 4.42. The Bertz CT molecular complexity index is 1090. The molecule has 2 aliphatic heterocycles. The van der Waals surface area contributed by atoms with Crippen molar-refractivity contribution in [3.8, 4) is 11.5 Å². The molecule has 0 aliphatic carbocycles. The summed E-state index contributed by atoms with van der Waals surface area (Å²) in [5, 5.41) is 12.1. The Kier molecular flexibility index (Phi) is 8.78. The third kappa shape index (κ3) is 6.47. The zero-order chi connectivity index (χ0) is 26.4. The van der Waals surface area contributed by atoms with Gasteiger partial charge in [0.15, 0.2) is 6.29 Å². The van der Waals surface area contributed by atoms with E-state index < -0.39 is 49.5 Å². The number of carbonyl (C=O) groups is 2. The molecular weight excluding hydrogens is 482 g/mol. The SMILES string of the molecule is C=CCc1ccccc1OC1OC2COC(c3ccc(OC)cc3)OC2C(OCC(=O)O)C1NC(C)=O. The van der Waals surface area contributed by atoms with Gasteiger partial charge in [-0.05, 0) is 30.2 Å². The number of hydrogen-bond acceptors (Lipinski definition) is 8. The lowest BCUT2D eigenvalue weighted by Gasteiger charge is -2.49. The highest BCUT2D eigenvalue weighted by atomic mass is 16.8. The number of nitrogens with one attached hydrogen (secondary N) is 1. The number of carbonyl (C=O) groups excluding carboxylic acids is 1. The number of rotatable bonds is 10. The third-order valence-corrected chi connectivity index (χ3v) is 6.08. The summed E-state index contributed by atoms with van der Waals surface area (Å²) in [5.41, 5.74) is 1.62. The molecule has 1 amide bonds. The quantitative estimate of drug-likeness (QED) is 0.462. The molecule has 0 radical (unpaired) electrons. The molecule has 2 N–H and O–H groups in total. The first-order valence-electron chi connectivity index (χ1n) is 11.9. The first-order valence-corrected chi connectivity index (χ1v) is 11.9. The molecule has 2 fully saturated rings. The van der Waals surface area contributed by atoms with Gasteiger partial charge in [0.1, 0.15) is 42.5 Å². The lowest BCUT2D eigenvalue weighted by Crippen LogP contribution is -2.68. The van der Waals surface area contributed by atoms with Crippen LogP contribution in [0.4, 0.5) is 0 Å². The van der Waals surface area contributed by atoms with Crippen LogP contribution in [-0.4, -0.2) is 68.0 Å². The fraction of sp³-hybridized carbons (Fsp3) is 0.407. The van der Waals surface area contributed by atoms with Crippen LogP contribution in [0.2, 0.25) is 0 Å². The molecule has 2 aliphatic rings. The topological polar surface area (TPSA) is 122 Å². The fourth-order valence-corrected chi connectivity index (χ4v) is 4.42. The number of benzene rings is 2. The third-order valence-electron chi connectivity index (χ3n) is 6.08. The maximum atomic E-state index is 12.2. The Labute approximate surface area is 215 Å². The summed E-state index contributed by atoms with van der Waals surface area (Å²) in [6.07, 6.45) is -1.73. The van der Waals surface area contributed by atoms with E-state index in [0.717, 1.165) is 11.1 Å². The van der Waals surface area contributed by atoms with Crippen molar-refractivity contribution in [2.75, 3.05) is 20.3 Å². The second-order valence-corrected chi connectivity index (χ2v) is 8.70. The molecular formula is C27H31NO9. The molecule has 198 valence electrons. The zero-order valence-corrected chi connectivity index (χ0v) is 20.7. The molecule has 10 nitrogen and oxygen atoms in total. The monoisotopic (exact) mass is 513 g/mol. The molecule has 6 atom stereocenters. The van der Waals surface area contributed by atoms with Crippen LogP contribution in [0.5, 0.6) is 11.5 Å². The minimum Gasteiger partial charge on any atom is -0.497 e. The zero-order valence-electron chi connectivity index (χ0n) is 20.7. The normalized spacial score (nSPS) is 27.0. The van der Waals surface area contributed by atoms with Crippen molar-refractivity contribution in [2.45, 2.75) is 50.3 Å². The van der Waals surface area contributed by atoms with Crippen molar-refractivity contribution in [1.29, 1.82) is 0 Å². The maximum absolute atomic E-state index is 12.2. The van der Waals surface area contributed by atoms with Crippen LogP contribution in [0.1, 0.15) is 24.3 Å². The van der Waals surface area contributed by atoms with Crippen molar-refractivity contribution >= 4 is 11.9 Å². The highest BCUT2D eigenvalue weighted by Crippen LogP contribution is 2.37. The molecule has 0 spiro atoms. The minimum absolute atomic E-state index is 0.134. The number of allylic oxidation sites excluding steroid dienone is 1. The van der Waals surface area contributed by atoms with E-state index in [2.05, 4.69) is 11.9 Å². The van der Waals surface area contributed by atoms with Gasteiger partial charge in [-0.25, -0.2) is 4.79 Å². The number of methoxy groups -OCH3 is 1. The summed E-state index contributed by atoms with van der Waals surface area (Å²) in [6, 6.07) is 13.7. The molecule has 0 bridgehead atoms. The Morgan fingerprint density at radius 2 is 1.92 bits per heavy atom. The van der Waals surface area contributed by atoms with E-state index in [1.54, 1.807) is 31.4 Å². The average Bonchev–Trinajstić information content (AvgIpc) is 2.89. The number of aliphatic carboxylic acids is 1. The second-order valence-electron chi connectivity index (χ2n) is 8.70.